The van der Waals surface area contributed by atoms with Crippen molar-refractivity contribution in [2.75, 3.05) is 93.2 Å². The summed E-state index contributed by atoms with van der Waals surface area (Å²) in [4.78, 5) is 71.6. The molecule has 0 unspecified atom stereocenters. The number of anilines is 3. The summed E-state index contributed by atoms with van der Waals surface area (Å²) >= 11 is 0. The summed E-state index contributed by atoms with van der Waals surface area (Å²) in [5.74, 6) is -4.54. The highest BCUT2D eigenvalue weighted by Crippen LogP contribution is 2.38. The number of rotatable bonds is 12. The summed E-state index contributed by atoms with van der Waals surface area (Å²) in [7, 11) is -6.09. The minimum absolute atomic E-state index is 0. The van der Waals surface area contributed by atoms with Crippen LogP contribution in [-0.4, -0.2) is 162 Å². The van der Waals surface area contributed by atoms with Crippen molar-refractivity contribution in [2.45, 2.75) is 98.7 Å². The molecule has 0 spiro atoms. The number of piperazine rings is 3. The second kappa shape index (κ2) is 36.6. The van der Waals surface area contributed by atoms with Crippen LogP contribution in [0.25, 0.3) is 32.7 Å². The van der Waals surface area contributed by atoms with E-state index in [1.54, 1.807) is 88.9 Å². The van der Waals surface area contributed by atoms with Crippen molar-refractivity contribution in [3.8, 4) is 0 Å². The van der Waals surface area contributed by atoms with Gasteiger partial charge in [0.25, 0.3) is 17.7 Å². The summed E-state index contributed by atoms with van der Waals surface area (Å²) in [5, 5.41) is 4.88. The monoisotopic (exact) mass is 1620 g/mol. The number of carbonyl (C=O) groups is 5. The minimum Gasteiger partial charge on any atom is -0.741 e. The number of nitrogens with one attached hydrogen (secondary N) is 1. The number of amides is 5. The summed E-state index contributed by atoms with van der Waals surface area (Å²) in [6, 6.07) is 40.1. The first-order valence-corrected chi connectivity index (χ1v) is 37.0. The molecule has 3 aliphatic heterocycles. The number of ether oxygens (including phenoxy) is 2. The molecule has 10 aromatic rings. The van der Waals surface area contributed by atoms with E-state index in [0.717, 1.165) is 65.1 Å². The maximum absolute atomic E-state index is 15.6. The average Bonchev–Trinajstić information content (AvgIpc) is 1.61. The van der Waals surface area contributed by atoms with Crippen LogP contribution >= 0.6 is 12.4 Å². The number of alkyl halides is 3. The lowest BCUT2D eigenvalue weighted by Crippen LogP contribution is -2.50. The molecule has 113 heavy (non-hydrogen) atoms. The normalized spacial score (nSPS) is 14.0. The molecule has 0 bridgehead atoms. The number of fused-ring (bicyclic) bond motifs is 3. The van der Waals surface area contributed by atoms with Gasteiger partial charge in [-0.15, -0.1) is 12.4 Å². The van der Waals surface area contributed by atoms with Gasteiger partial charge in [0, 0.05) is 151 Å². The summed E-state index contributed by atoms with van der Waals surface area (Å²) in [6.07, 6.45) is -0.681. The van der Waals surface area contributed by atoms with E-state index in [1.165, 1.54) is 41.0 Å². The molecule has 0 aliphatic carbocycles. The molecule has 0 atom stereocenters. The van der Waals surface area contributed by atoms with E-state index < -0.39 is 56.2 Å². The molecule has 3 aliphatic rings. The molecule has 606 valence electrons. The van der Waals surface area contributed by atoms with Gasteiger partial charge in [0.2, 0.25) is 11.4 Å². The number of halogens is 10. The molecule has 34 heteroatoms. The SMILES string of the molecule is CC(C)(C)OC(=O)N1CCN(c2cccc3c2c(F)c(C(N)=O)n3Cc2ccc(F)cc2)CC1.CC(C)(C)OC(=O)N1CCN(c2cccc3c2cc(C(N)=O)n3Cc2ccc(F)cc2)CC1.Cc1cc(C)[n+](F)c(C)c1.Cl.NC(=O)c1c(F)c2c(N3CCNCC3)cccc2n1Cc1ccc(F)cc1.O=S(=O)([O-])C(F)(F)F. The van der Waals surface area contributed by atoms with E-state index in [2.05, 4.69) is 15.1 Å². The Morgan fingerprint density at radius 1 is 0.478 bits per heavy atom. The average molecular weight is 1620 g/mol. The van der Waals surface area contributed by atoms with E-state index in [0.29, 0.717) is 114 Å². The number of carbonyl (C=O) groups excluding carboxylic acids is 5. The second-order valence-electron chi connectivity index (χ2n) is 28.8. The Morgan fingerprint density at radius 3 is 1.14 bits per heavy atom. The number of pyridine rings is 1. The van der Waals surface area contributed by atoms with Crippen molar-refractivity contribution in [3.05, 3.63) is 225 Å². The van der Waals surface area contributed by atoms with Gasteiger partial charge in [-0.05, 0) is 150 Å². The van der Waals surface area contributed by atoms with Crippen LogP contribution in [0.15, 0.2) is 146 Å². The molecular weight excluding hydrogens is 1530 g/mol. The minimum atomic E-state index is -6.09. The Morgan fingerprint density at radius 2 is 0.805 bits per heavy atom. The number of hydrogen-bond donors (Lipinski definition) is 4. The van der Waals surface area contributed by atoms with Gasteiger partial charge < -0.3 is 74.7 Å². The van der Waals surface area contributed by atoms with Crippen molar-refractivity contribution in [2.24, 2.45) is 17.2 Å². The van der Waals surface area contributed by atoms with Crippen LogP contribution in [-0.2, 0) is 39.2 Å². The Labute approximate surface area is 653 Å². The van der Waals surface area contributed by atoms with Crippen LogP contribution in [0.1, 0.15) is 107 Å². The van der Waals surface area contributed by atoms with E-state index in [9.17, 15) is 54.8 Å². The van der Waals surface area contributed by atoms with Crippen LogP contribution in [0.3, 0.4) is 0 Å². The van der Waals surface area contributed by atoms with Crippen LogP contribution in [0, 0.1) is 49.9 Å². The number of benzene rings is 6. The fourth-order valence-corrected chi connectivity index (χ4v) is 13.2. The first kappa shape index (κ1) is 87.5. The third kappa shape index (κ3) is 22.0. The van der Waals surface area contributed by atoms with Crippen LogP contribution in [0.5, 0.6) is 0 Å². The van der Waals surface area contributed by atoms with Gasteiger partial charge >= 0.3 is 17.7 Å². The Kier molecular flexibility index (Phi) is 28.4. The fraction of sp³-hybridized carbons (Fsp3) is 0.342. The molecule has 4 aromatic heterocycles. The third-order valence-corrected chi connectivity index (χ3v) is 18.8. The number of aryl methyl sites for hydroxylation is 3. The molecule has 3 saturated heterocycles. The van der Waals surface area contributed by atoms with E-state index in [4.69, 9.17) is 39.6 Å². The van der Waals surface area contributed by atoms with Crippen LogP contribution in [0.2, 0.25) is 0 Å². The second-order valence-corrected chi connectivity index (χ2v) is 30.2. The van der Waals surface area contributed by atoms with E-state index in [1.807, 2.05) is 106 Å². The Balaban J connectivity index is 0.000000191. The highest BCUT2D eigenvalue weighted by molar-refractivity contribution is 7.86. The Hall–Kier alpha value is -11.0. The summed E-state index contributed by atoms with van der Waals surface area (Å²) in [6.45, 7) is 24.6. The smallest absolute Gasteiger partial charge is 0.485 e. The zero-order valence-electron chi connectivity index (χ0n) is 63.5. The maximum atomic E-state index is 15.6. The van der Waals surface area contributed by atoms with Crippen molar-refractivity contribution < 1.29 is 90.8 Å². The molecule has 0 radical (unpaired) electrons. The lowest BCUT2D eigenvalue weighted by atomic mass is 10.1. The van der Waals surface area contributed by atoms with Gasteiger partial charge in [-0.25, -0.2) is 40.0 Å². The van der Waals surface area contributed by atoms with Crippen LogP contribution < -0.4 is 42.0 Å². The van der Waals surface area contributed by atoms with Gasteiger partial charge in [0.1, 0.15) is 45.7 Å². The largest absolute Gasteiger partial charge is 0.741 e. The molecule has 6 aromatic carbocycles. The standard InChI is InChI=1S/C25H28F2N4O3.C25H29FN4O3.C20H20F2N4O.C8H11FN.CHF3O3S.ClH/c1-25(2,3)34-24(33)30-13-11-29(12-14-30)18-5-4-6-19-20(18)21(27)22(23(28)32)31(19)15-16-7-9-17(26)10-8-16;1-25(2,3)33-24(32)29-13-11-28(12-14-29)20-5-4-6-21-19(20)15-22(23(27)31)30(21)16-17-7-9-18(26)10-8-17;21-14-6-4-13(5-7-14)12-26-16-3-1-2-15(25-10-8-24-9-11-25)17(16)18(22)19(26)20(23)27;1-6-4-7(2)10(9)8(3)5-6;2-1(3,4)8(5,6)7;/h4-10H,11-15H2,1-3H3,(H2,28,32);4-10,15H,11-14,16H2,1-3H3,(H2,27,31);1-7,24H,8-12H2,(H2,23,27);4-5H,1-3H3;(H,5,6,7);1H/q;;;+1;;/p-1. The summed E-state index contributed by atoms with van der Waals surface area (Å²) in [5.41, 5.74) is 19.1. The molecule has 13 rings (SSSR count). The maximum Gasteiger partial charge on any atom is 0.485 e. The predicted molar refractivity (Wildman–Crippen MR) is 413 cm³/mol. The zero-order chi connectivity index (χ0) is 82.1. The van der Waals surface area contributed by atoms with E-state index in [-0.39, 0.29) is 66.5 Å². The first-order valence-electron chi connectivity index (χ1n) is 35.6. The van der Waals surface area contributed by atoms with Gasteiger partial charge in [-0.3, -0.25) is 14.4 Å². The lowest BCUT2D eigenvalue weighted by Gasteiger charge is -2.37. The third-order valence-electron chi connectivity index (χ3n) is 18.2. The number of hydrogen-bond acceptors (Lipinski definition) is 14. The molecule has 5 amide bonds. The van der Waals surface area contributed by atoms with Gasteiger partial charge in [-0.1, -0.05) is 54.6 Å². The van der Waals surface area contributed by atoms with Crippen molar-refractivity contribution in [3.63, 3.8) is 0 Å². The fourth-order valence-electron chi connectivity index (χ4n) is 13.2. The van der Waals surface area contributed by atoms with Gasteiger partial charge in [0.05, 0.1) is 31.8 Å². The molecule has 7 heterocycles. The Bertz CT molecular complexity index is 5160. The molecule has 23 nitrogen and oxygen atoms in total. The van der Waals surface area contributed by atoms with Crippen molar-refractivity contribution in [1.82, 2.24) is 28.8 Å². The van der Waals surface area contributed by atoms with Gasteiger partial charge in [-0.2, -0.15) is 13.2 Å². The molecule has 3 fully saturated rings. The highest BCUT2D eigenvalue weighted by Gasteiger charge is 2.37. The number of primary amides is 3. The summed E-state index contributed by atoms with van der Waals surface area (Å²) < 4.78 is 158. The molecule has 7 N–H and O–H groups in total. The quantitative estimate of drug-likeness (QED) is 0.0503. The lowest BCUT2D eigenvalue weighted by molar-refractivity contribution is -0.852. The van der Waals surface area contributed by atoms with E-state index >= 15 is 8.78 Å². The zero-order valence-corrected chi connectivity index (χ0v) is 65.2. The first-order chi connectivity index (χ1) is 52.6. The number of aromatic nitrogens is 4. The van der Waals surface area contributed by atoms with Crippen molar-refractivity contribution in [1.29, 1.82) is 0 Å². The number of nitrogens with two attached hydrogens (primary N) is 3. The number of nitrogens with zero attached hydrogens (tertiary/aromatic N) is 9. The highest BCUT2D eigenvalue weighted by atomic mass is 35.5. The van der Waals surface area contributed by atoms with Crippen LogP contribution in [0.4, 0.5) is 66.3 Å². The topological polar surface area (TPSA) is 286 Å². The molecular formula is C79H89ClF9N13O10S. The predicted octanol–water partition coefficient (Wildman–Crippen LogP) is 12.7. The molecule has 0 saturated carbocycles. The van der Waals surface area contributed by atoms with Crippen molar-refractivity contribution >= 4 is 102 Å². The van der Waals surface area contributed by atoms with Gasteiger partial charge in [0.15, 0.2) is 21.8 Å².